The van der Waals surface area contributed by atoms with Gasteiger partial charge in [0, 0.05) is 18.1 Å². The third-order valence-corrected chi connectivity index (χ3v) is 3.77. The number of hydrogen-bond donors (Lipinski definition) is 0. The average molecular weight is 291 g/mol. The maximum absolute atomic E-state index is 11.2. The number of nitrogens with zero attached hydrogens (tertiary/aromatic N) is 3. The average Bonchev–Trinajstić information content (AvgIpc) is 2.87. The molecule has 106 valence electrons. The lowest BCUT2D eigenvalue weighted by Gasteiger charge is -2.15. The molecular formula is C14H17N3O2S. The molecule has 0 saturated heterocycles. The fourth-order valence-electron chi connectivity index (χ4n) is 1.77. The first-order valence-electron chi connectivity index (χ1n) is 6.23. The van der Waals surface area contributed by atoms with Crippen LogP contribution in [0.1, 0.15) is 17.1 Å². The minimum Gasteiger partial charge on any atom is -0.469 e. The zero-order valence-corrected chi connectivity index (χ0v) is 12.6. The van der Waals surface area contributed by atoms with Crippen molar-refractivity contribution in [2.45, 2.75) is 19.9 Å². The van der Waals surface area contributed by atoms with Gasteiger partial charge in [0.15, 0.2) is 5.13 Å². The molecule has 0 spiro atoms. The molecule has 0 aromatic carbocycles. The Morgan fingerprint density at radius 3 is 2.85 bits per heavy atom. The largest absolute Gasteiger partial charge is 0.469 e. The van der Waals surface area contributed by atoms with Crippen molar-refractivity contribution in [2.24, 2.45) is 0 Å². The summed E-state index contributed by atoms with van der Waals surface area (Å²) in [6.07, 6.45) is 0.212. The number of rotatable bonds is 5. The van der Waals surface area contributed by atoms with E-state index in [-0.39, 0.29) is 12.4 Å². The number of aromatic nitrogens is 2. The van der Waals surface area contributed by atoms with Crippen LogP contribution in [0.15, 0.2) is 23.6 Å². The van der Waals surface area contributed by atoms with Crippen molar-refractivity contribution in [1.29, 1.82) is 0 Å². The molecule has 2 rings (SSSR count). The van der Waals surface area contributed by atoms with Gasteiger partial charge in [-0.2, -0.15) is 0 Å². The first-order valence-corrected chi connectivity index (χ1v) is 7.11. The number of aryl methyl sites for hydroxylation is 1. The molecule has 5 nitrogen and oxygen atoms in total. The molecule has 0 aliphatic rings. The van der Waals surface area contributed by atoms with Crippen LogP contribution in [0.25, 0.3) is 0 Å². The molecule has 2 heterocycles. The molecule has 0 bridgehead atoms. The van der Waals surface area contributed by atoms with Gasteiger partial charge in [0.25, 0.3) is 0 Å². The van der Waals surface area contributed by atoms with Crippen LogP contribution in [-0.2, 0) is 22.5 Å². The predicted molar refractivity (Wildman–Crippen MR) is 78.9 cm³/mol. The van der Waals surface area contributed by atoms with E-state index in [0.717, 1.165) is 22.2 Å². The lowest BCUT2D eigenvalue weighted by molar-refractivity contribution is -0.139. The molecule has 6 heteroatoms. The van der Waals surface area contributed by atoms with Gasteiger partial charge in [-0.25, -0.2) is 4.98 Å². The van der Waals surface area contributed by atoms with Crippen molar-refractivity contribution in [3.05, 3.63) is 40.7 Å². The standard InChI is InChI=1S/C14H17N3O2S/c1-10-5-4-6-11(15-10)8-17(2)14-16-12(9-20-14)7-13(18)19-3/h4-6,9H,7-8H2,1-3H3. The summed E-state index contributed by atoms with van der Waals surface area (Å²) in [5.41, 5.74) is 2.74. The van der Waals surface area contributed by atoms with Crippen molar-refractivity contribution < 1.29 is 9.53 Å². The Kier molecular flexibility index (Phi) is 4.68. The fourth-order valence-corrected chi connectivity index (χ4v) is 2.56. The van der Waals surface area contributed by atoms with Gasteiger partial charge >= 0.3 is 5.97 Å². The molecule has 0 atom stereocenters. The molecule has 2 aromatic rings. The van der Waals surface area contributed by atoms with E-state index in [1.807, 2.05) is 42.5 Å². The summed E-state index contributed by atoms with van der Waals surface area (Å²) in [7, 11) is 3.34. The molecule has 2 aromatic heterocycles. The second-order valence-corrected chi connectivity index (χ2v) is 5.34. The van der Waals surface area contributed by atoms with Crippen molar-refractivity contribution in [3.8, 4) is 0 Å². The monoisotopic (exact) mass is 291 g/mol. The van der Waals surface area contributed by atoms with Crippen LogP contribution < -0.4 is 4.90 Å². The molecule has 0 amide bonds. The summed E-state index contributed by atoms with van der Waals surface area (Å²) < 4.78 is 4.63. The minimum absolute atomic E-state index is 0.212. The van der Waals surface area contributed by atoms with E-state index < -0.39 is 0 Å². The van der Waals surface area contributed by atoms with Gasteiger partial charge < -0.3 is 9.64 Å². The molecule has 20 heavy (non-hydrogen) atoms. The highest BCUT2D eigenvalue weighted by molar-refractivity contribution is 7.13. The molecule has 0 N–H and O–H groups in total. The maximum Gasteiger partial charge on any atom is 0.311 e. The quantitative estimate of drug-likeness (QED) is 0.790. The van der Waals surface area contributed by atoms with E-state index in [4.69, 9.17) is 0 Å². The smallest absolute Gasteiger partial charge is 0.311 e. The summed E-state index contributed by atoms with van der Waals surface area (Å²) in [5.74, 6) is -0.273. The van der Waals surface area contributed by atoms with Gasteiger partial charge in [-0.05, 0) is 19.1 Å². The second-order valence-electron chi connectivity index (χ2n) is 4.50. The summed E-state index contributed by atoms with van der Waals surface area (Å²) in [4.78, 5) is 22.1. The number of ether oxygens (including phenoxy) is 1. The Morgan fingerprint density at radius 1 is 1.35 bits per heavy atom. The highest BCUT2D eigenvalue weighted by Crippen LogP contribution is 2.21. The second kappa shape index (κ2) is 6.47. The van der Waals surface area contributed by atoms with Crippen LogP contribution in [0.3, 0.4) is 0 Å². The summed E-state index contributed by atoms with van der Waals surface area (Å²) >= 11 is 1.51. The number of thiazole rings is 1. The molecule has 0 saturated carbocycles. The van der Waals surface area contributed by atoms with Crippen LogP contribution in [-0.4, -0.2) is 30.1 Å². The Labute approximate surface area is 122 Å². The van der Waals surface area contributed by atoms with Gasteiger partial charge in [-0.3, -0.25) is 9.78 Å². The van der Waals surface area contributed by atoms with Crippen LogP contribution in [0.4, 0.5) is 5.13 Å². The van der Waals surface area contributed by atoms with Crippen LogP contribution in [0.2, 0.25) is 0 Å². The first-order chi connectivity index (χ1) is 9.58. The van der Waals surface area contributed by atoms with E-state index >= 15 is 0 Å². The van der Waals surface area contributed by atoms with E-state index in [2.05, 4.69) is 14.7 Å². The third kappa shape index (κ3) is 3.77. The van der Waals surface area contributed by atoms with E-state index in [1.54, 1.807) is 0 Å². The van der Waals surface area contributed by atoms with Crippen LogP contribution in [0.5, 0.6) is 0 Å². The predicted octanol–water partition coefficient (Wildman–Crippen LogP) is 2.20. The number of anilines is 1. The number of esters is 1. The fraction of sp³-hybridized carbons (Fsp3) is 0.357. The van der Waals surface area contributed by atoms with Gasteiger partial charge in [-0.15, -0.1) is 11.3 Å². The number of methoxy groups -OCH3 is 1. The lowest BCUT2D eigenvalue weighted by Crippen LogP contribution is -2.17. The topological polar surface area (TPSA) is 55.3 Å². The summed E-state index contributed by atoms with van der Waals surface area (Å²) in [6, 6.07) is 5.96. The third-order valence-electron chi connectivity index (χ3n) is 2.76. The van der Waals surface area contributed by atoms with Crippen molar-refractivity contribution in [3.63, 3.8) is 0 Å². The molecule has 0 unspecified atom stereocenters. The zero-order valence-electron chi connectivity index (χ0n) is 11.8. The van der Waals surface area contributed by atoms with Crippen molar-refractivity contribution >= 4 is 22.4 Å². The lowest BCUT2D eigenvalue weighted by atomic mass is 10.3. The van der Waals surface area contributed by atoms with E-state index in [0.29, 0.717) is 6.54 Å². The van der Waals surface area contributed by atoms with Crippen LogP contribution >= 0.6 is 11.3 Å². The Morgan fingerprint density at radius 2 is 2.15 bits per heavy atom. The highest BCUT2D eigenvalue weighted by Gasteiger charge is 2.11. The SMILES string of the molecule is COC(=O)Cc1csc(N(C)Cc2cccc(C)n2)n1. The number of pyridine rings is 1. The Hall–Kier alpha value is -1.95. The Balaban J connectivity index is 2.02. The number of hydrogen-bond acceptors (Lipinski definition) is 6. The van der Waals surface area contributed by atoms with Crippen LogP contribution in [0, 0.1) is 6.92 Å². The first kappa shape index (κ1) is 14.5. The number of carbonyl (C=O) groups is 1. The van der Waals surface area contributed by atoms with E-state index in [9.17, 15) is 4.79 Å². The van der Waals surface area contributed by atoms with Crippen molar-refractivity contribution in [1.82, 2.24) is 9.97 Å². The molecule has 0 aliphatic carbocycles. The molecule has 0 aliphatic heterocycles. The normalized spacial score (nSPS) is 10.3. The van der Waals surface area contributed by atoms with E-state index in [1.165, 1.54) is 18.4 Å². The molecular weight excluding hydrogens is 274 g/mol. The van der Waals surface area contributed by atoms with Gasteiger partial charge in [0.05, 0.1) is 31.5 Å². The van der Waals surface area contributed by atoms with Gasteiger partial charge in [0.1, 0.15) is 0 Å². The molecule has 0 radical (unpaired) electrons. The number of carbonyl (C=O) groups excluding carboxylic acids is 1. The Bertz CT molecular complexity index is 598. The molecule has 0 fully saturated rings. The minimum atomic E-state index is -0.273. The van der Waals surface area contributed by atoms with Gasteiger partial charge in [0.2, 0.25) is 0 Å². The maximum atomic E-state index is 11.2. The van der Waals surface area contributed by atoms with Gasteiger partial charge in [-0.1, -0.05) is 6.07 Å². The van der Waals surface area contributed by atoms with Crippen molar-refractivity contribution in [2.75, 3.05) is 19.1 Å². The highest BCUT2D eigenvalue weighted by atomic mass is 32.1. The zero-order chi connectivity index (χ0) is 14.5. The summed E-state index contributed by atoms with van der Waals surface area (Å²) in [6.45, 7) is 2.66. The summed E-state index contributed by atoms with van der Waals surface area (Å²) in [5, 5.41) is 2.75.